The monoisotopic (exact) mass is 343 g/mol. The van der Waals surface area contributed by atoms with Crippen molar-refractivity contribution in [3.05, 3.63) is 54.1 Å². The third-order valence-corrected chi connectivity index (χ3v) is 4.31. The number of hydrogen-bond acceptors (Lipinski definition) is 4. The summed E-state index contributed by atoms with van der Waals surface area (Å²) in [5, 5.41) is 0. The summed E-state index contributed by atoms with van der Waals surface area (Å²) in [7, 11) is -2.53. The van der Waals surface area contributed by atoms with Crippen molar-refractivity contribution in [2.24, 2.45) is 0 Å². The predicted octanol–water partition coefficient (Wildman–Crippen LogP) is 2.33. The third-order valence-electron chi connectivity index (χ3n) is 2.87. The van der Waals surface area contributed by atoms with Crippen LogP contribution >= 0.6 is 0 Å². The zero-order valence-corrected chi connectivity index (χ0v) is 13.1. The molecule has 2 aromatic rings. The zero-order valence-electron chi connectivity index (χ0n) is 12.3. The summed E-state index contributed by atoms with van der Waals surface area (Å²) in [5.41, 5.74) is 0. The van der Waals surface area contributed by atoms with Crippen molar-refractivity contribution in [2.45, 2.75) is 4.90 Å². The highest BCUT2D eigenvalue weighted by atomic mass is 32.2. The molecule has 0 unspecified atom stereocenters. The van der Waals surface area contributed by atoms with Gasteiger partial charge in [0.05, 0.1) is 12.0 Å². The Morgan fingerprint density at radius 3 is 2.26 bits per heavy atom. The lowest BCUT2D eigenvalue weighted by Crippen LogP contribution is -2.28. The normalized spacial score (nSPS) is 11.3. The van der Waals surface area contributed by atoms with E-state index in [0.29, 0.717) is 17.6 Å². The average molecular weight is 343 g/mol. The van der Waals surface area contributed by atoms with Crippen molar-refractivity contribution in [1.82, 2.24) is 4.72 Å². The van der Waals surface area contributed by atoms with E-state index in [0.717, 1.165) is 12.1 Å². The van der Waals surface area contributed by atoms with E-state index >= 15 is 0 Å². The highest BCUT2D eigenvalue weighted by molar-refractivity contribution is 7.89. The molecule has 0 aliphatic carbocycles. The molecule has 0 radical (unpaired) electrons. The summed E-state index contributed by atoms with van der Waals surface area (Å²) in [5.74, 6) is -0.945. The molecule has 8 heteroatoms. The van der Waals surface area contributed by atoms with E-state index < -0.39 is 26.6 Å². The van der Waals surface area contributed by atoms with E-state index in [1.165, 1.54) is 7.11 Å². The molecule has 0 spiro atoms. The van der Waals surface area contributed by atoms with E-state index in [-0.39, 0.29) is 13.2 Å². The second-order valence-corrected chi connectivity index (χ2v) is 6.27. The fourth-order valence-corrected chi connectivity index (χ4v) is 2.90. The zero-order chi connectivity index (χ0) is 16.9. The van der Waals surface area contributed by atoms with Crippen molar-refractivity contribution in [1.29, 1.82) is 0 Å². The minimum absolute atomic E-state index is 0.0252. The summed E-state index contributed by atoms with van der Waals surface area (Å²) in [6, 6.07) is 8.98. The molecule has 0 fully saturated rings. The van der Waals surface area contributed by atoms with E-state index in [9.17, 15) is 17.2 Å². The molecule has 0 saturated heterocycles. The summed E-state index contributed by atoms with van der Waals surface area (Å²) in [6.45, 7) is -0.0457. The largest absolute Gasteiger partial charge is 0.493 e. The van der Waals surface area contributed by atoms with Crippen LogP contribution in [0.2, 0.25) is 0 Å². The lowest BCUT2D eigenvalue weighted by Gasteiger charge is -2.11. The van der Waals surface area contributed by atoms with Gasteiger partial charge in [0.2, 0.25) is 10.0 Å². The molecule has 0 aliphatic heterocycles. The Hall–Kier alpha value is -2.19. The van der Waals surface area contributed by atoms with Crippen molar-refractivity contribution >= 4 is 10.0 Å². The van der Waals surface area contributed by atoms with Gasteiger partial charge < -0.3 is 9.47 Å². The first kappa shape index (κ1) is 17.2. The summed E-state index contributed by atoms with van der Waals surface area (Å²) in [4.78, 5) is -0.479. The maximum absolute atomic E-state index is 13.1. The van der Waals surface area contributed by atoms with Crippen LogP contribution in [0, 0.1) is 11.6 Å². The van der Waals surface area contributed by atoms with E-state index in [4.69, 9.17) is 9.47 Å². The van der Waals surface area contributed by atoms with Gasteiger partial charge in [-0.2, -0.15) is 0 Å². The number of hydrogen-bond donors (Lipinski definition) is 1. The first-order valence-corrected chi connectivity index (χ1v) is 8.12. The second kappa shape index (κ2) is 7.38. The molecule has 5 nitrogen and oxygen atoms in total. The Labute approximate surface area is 132 Å². The van der Waals surface area contributed by atoms with Crippen molar-refractivity contribution in [3.63, 3.8) is 0 Å². The standard InChI is InChI=1S/C15H15F2NO4S/c1-21-14-4-2-3-5-15(14)22-7-6-18-23(19,20)13-9-11(16)8-12(17)10-13/h2-5,8-10,18H,6-7H2,1H3. The molecule has 0 heterocycles. The first-order valence-electron chi connectivity index (χ1n) is 6.64. The summed E-state index contributed by atoms with van der Waals surface area (Å²) < 4.78 is 62.8. The Morgan fingerprint density at radius 2 is 1.65 bits per heavy atom. The van der Waals surface area contributed by atoms with Gasteiger partial charge in [0.1, 0.15) is 18.2 Å². The van der Waals surface area contributed by atoms with Crippen LogP contribution < -0.4 is 14.2 Å². The van der Waals surface area contributed by atoms with Crippen LogP contribution in [0.1, 0.15) is 0 Å². The van der Waals surface area contributed by atoms with Gasteiger partial charge >= 0.3 is 0 Å². The number of methoxy groups -OCH3 is 1. The van der Waals surface area contributed by atoms with Gasteiger partial charge in [0, 0.05) is 12.6 Å². The topological polar surface area (TPSA) is 64.6 Å². The molecule has 0 amide bonds. The molecule has 0 aliphatic rings. The van der Waals surface area contributed by atoms with Gasteiger partial charge in [-0.1, -0.05) is 12.1 Å². The number of halogens is 2. The second-order valence-electron chi connectivity index (χ2n) is 4.50. The fourth-order valence-electron chi connectivity index (χ4n) is 1.84. The van der Waals surface area contributed by atoms with E-state index in [1.54, 1.807) is 24.3 Å². The van der Waals surface area contributed by atoms with Gasteiger partial charge in [0.25, 0.3) is 0 Å². The van der Waals surface area contributed by atoms with Crippen LogP contribution in [-0.2, 0) is 10.0 Å². The summed E-state index contributed by atoms with van der Waals surface area (Å²) in [6.07, 6.45) is 0. The summed E-state index contributed by atoms with van der Waals surface area (Å²) >= 11 is 0. The van der Waals surface area contributed by atoms with Crippen molar-refractivity contribution in [2.75, 3.05) is 20.3 Å². The lowest BCUT2D eigenvalue weighted by atomic mass is 10.3. The quantitative estimate of drug-likeness (QED) is 0.784. The number of nitrogens with one attached hydrogen (secondary N) is 1. The molecule has 0 aromatic heterocycles. The Kier molecular flexibility index (Phi) is 5.51. The highest BCUT2D eigenvalue weighted by Gasteiger charge is 2.16. The van der Waals surface area contributed by atoms with Crippen LogP contribution in [-0.4, -0.2) is 28.7 Å². The van der Waals surface area contributed by atoms with Gasteiger partial charge in [-0.05, 0) is 24.3 Å². The Balaban J connectivity index is 1.95. The minimum Gasteiger partial charge on any atom is -0.493 e. The fraction of sp³-hybridized carbons (Fsp3) is 0.200. The van der Waals surface area contributed by atoms with E-state index in [1.807, 2.05) is 0 Å². The molecule has 23 heavy (non-hydrogen) atoms. The number of sulfonamides is 1. The van der Waals surface area contributed by atoms with Gasteiger partial charge in [-0.3, -0.25) is 0 Å². The van der Waals surface area contributed by atoms with Crippen LogP contribution in [0.5, 0.6) is 11.5 Å². The average Bonchev–Trinajstić information content (AvgIpc) is 2.51. The third kappa shape index (κ3) is 4.64. The molecule has 2 rings (SSSR count). The molecule has 1 N–H and O–H groups in total. The Bertz CT molecular complexity index is 761. The van der Waals surface area contributed by atoms with Crippen LogP contribution in [0.15, 0.2) is 47.4 Å². The SMILES string of the molecule is COc1ccccc1OCCNS(=O)(=O)c1cc(F)cc(F)c1. The number of ether oxygens (including phenoxy) is 2. The van der Waals surface area contributed by atoms with Crippen LogP contribution in [0.25, 0.3) is 0 Å². The van der Waals surface area contributed by atoms with E-state index in [2.05, 4.69) is 4.72 Å². The van der Waals surface area contributed by atoms with Gasteiger partial charge in [-0.15, -0.1) is 0 Å². The van der Waals surface area contributed by atoms with Crippen LogP contribution in [0.3, 0.4) is 0 Å². The number of benzene rings is 2. The molecular formula is C15H15F2NO4S. The number of para-hydroxylation sites is 2. The molecule has 0 saturated carbocycles. The smallest absolute Gasteiger partial charge is 0.240 e. The maximum Gasteiger partial charge on any atom is 0.240 e. The van der Waals surface area contributed by atoms with Gasteiger partial charge in [0.15, 0.2) is 11.5 Å². The molecule has 124 valence electrons. The van der Waals surface area contributed by atoms with Gasteiger partial charge in [-0.25, -0.2) is 21.9 Å². The van der Waals surface area contributed by atoms with Crippen molar-refractivity contribution in [3.8, 4) is 11.5 Å². The molecular weight excluding hydrogens is 328 g/mol. The molecule has 0 atom stereocenters. The Morgan fingerprint density at radius 1 is 1.04 bits per heavy atom. The number of rotatable bonds is 7. The molecule has 2 aromatic carbocycles. The van der Waals surface area contributed by atoms with Crippen LogP contribution in [0.4, 0.5) is 8.78 Å². The van der Waals surface area contributed by atoms with Crippen molar-refractivity contribution < 1.29 is 26.7 Å². The maximum atomic E-state index is 13.1. The predicted molar refractivity (Wildman–Crippen MR) is 80.0 cm³/mol. The molecule has 0 bridgehead atoms. The first-order chi connectivity index (χ1) is 10.9. The highest BCUT2D eigenvalue weighted by Crippen LogP contribution is 2.25. The lowest BCUT2D eigenvalue weighted by molar-refractivity contribution is 0.298. The minimum atomic E-state index is -4.02.